The lowest BCUT2D eigenvalue weighted by atomic mass is 10.2. The molecule has 0 bridgehead atoms. The minimum atomic E-state index is -0.653. The molecular formula is C10H10BrN3O2. The van der Waals surface area contributed by atoms with Crippen LogP contribution in [0.3, 0.4) is 0 Å². The number of nitrogens with zero attached hydrogens (tertiary/aromatic N) is 1. The topological polar surface area (TPSA) is 80.9 Å². The third-order valence-electron chi connectivity index (χ3n) is 2.32. The van der Waals surface area contributed by atoms with Crippen LogP contribution in [-0.2, 0) is 0 Å². The van der Waals surface area contributed by atoms with Crippen molar-refractivity contribution in [3.05, 3.63) is 43.5 Å². The van der Waals surface area contributed by atoms with E-state index in [9.17, 15) is 9.59 Å². The van der Waals surface area contributed by atoms with Crippen LogP contribution in [0.2, 0.25) is 0 Å². The second kappa shape index (κ2) is 3.88. The summed E-state index contributed by atoms with van der Waals surface area (Å²) in [7, 11) is 0. The first-order chi connectivity index (χ1) is 7.52. The van der Waals surface area contributed by atoms with E-state index in [0.29, 0.717) is 15.4 Å². The van der Waals surface area contributed by atoms with E-state index in [1.54, 1.807) is 25.1 Å². The zero-order valence-corrected chi connectivity index (χ0v) is 10.1. The maximum atomic E-state index is 12.0. The summed E-state index contributed by atoms with van der Waals surface area (Å²) >= 11 is 3.28. The average molecular weight is 284 g/mol. The Hall–Kier alpha value is -1.40. The van der Waals surface area contributed by atoms with Crippen LogP contribution in [0.5, 0.6) is 0 Å². The van der Waals surface area contributed by atoms with Crippen molar-refractivity contribution in [1.29, 1.82) is 0 Å². The van der Waals surface area contributed by atoms with E-state index in [1.165, 1.54) is 0 Å². The van der Waals surface area contributed by atoms with Gasteiger partial charge in [0.05, 0.1) is 17.1 Å². The van der Waals surface area contributed by atoms with Crippen molar-refractivity contribution in [3.63, 3.8) is 0 Å². The Labute approximate surface area is 99.0 Å². The first kappa shape index (κ1) is 11.1. The number of fused-ring (bicyclic) bond motifs is 1. The lowest BCUT2D eigenvalue weighted by molar-refractivity contribution is 0.528. The molecule has 2 rings (SSSR count). The molecule has 0 aliphatic rings. The number of nitrogens with one attached hydrogen (secondary N) is 1. The SMILES string of the molecule is CC(N)n1c(=O)[nH]c2c(Br)cccc2c1=O. The maximum Gasteiger partial charge on any atom is 0.330 e. The summed E-state index contributed by atoms with van der Waals surface area (Å²) in [5.41, 5.74) is 5.19. The van der Waals surface area contributed by atoms with E-state index in [2.05, 4.69) is 20.9 Å². The van der Waals surface area contributed by atoms with Crippen molar-refractivity contribution in [1.82, 2.24) is 9.55 Å². The second-order valence-electron chi connectivity index (χ2n) is 3.51. The summed E-state index contributed by atoms with van der Waals surface area (Å²) in [5.74, 6) is 0. The molecule has 0 aliphatic carbocycles. The van der Waals surface area contributed by atoms with Gasteiger partial charge >= 0.3 is 5.69 Å². The zero-order chi connectivity index (χ0) is 11.9. The van der Waals surface area contributed by atoms with Gasteiger partial charge in [0.1, 0.15) is 0 Å². The predicted octanol–water partition coefficient (Wildman–Crippen LogP) is 0.930. The number of hydrogen-bond acceptors (Lipinski definition) is 3. The van der Waals surface area contributed by atoms with Crippen molar-refractivity contribution in [2.75, 3.05) is 0 Å². The first-order valence-electron chi connectivity index (χ1n) is 4.71. The summed E-state index contributed by atoms with van der Waals surface area (Å²) < 4.78 is 1.67. The quantitative estimate of drug-likeness (QED) is 0.817. The highest BCUT2D eigenvalue weighted by Crippen LogP contribution is 2.17. The van der Waals surface area contributed by atoms with Gasteiger partial charge in [-0.2, -0.15) is 0 Å². The molecule has 6 heteroatoms. The summed E-state index contributed by atoms with van der Waals surface area (Å²) in [6, 6.07) is 5.14. The Morgan fingerprint density at radius 2 is 2.12 bits per heavy atom. The van der Waals surface area contributed by atoms with Crippen LogP contribution in [-0.4, -0.2) is 9.55 Å². The van der Waals surface area contributed by atoms with Gasteiger partial charge in [0.25, 0.3) is 5.56 Å². The molecule has 1 unspecified atom stereocenters. The maximum absolute atomic E-state index is 12.0. The number of para-hydroxylation sites is 1. The standard InChI is InChI=1S/C10H10BrN3O2/c1-5(12)14-9(15)6-3-2-4-7(11)8(6)13-10(14)16/h2-5H,12H2,1H3,(H,13,16). The second-order valence-corrected chi connectivity index (χ2v) is 4.36. The molecule has 0 amide bonds. The highest BCUT2D eigenvalue weighted by Gasteiger charge is 2.11. The summed E-state index contributed by atoms with van der Waals surface area (Å²) in [6.07, 6.45) is -0.653. The molecule has 1 atom stereocenters. The highest BCUT2D eigenvalue weighted by molar-refractivity contribution is 9.10. The van der Waals surface area contributed by atoms with Gasteiger partial charge in [0.15, 0.2) is 0 Å². The zero-order valence-electron chi connectivity index (χ0n) is 8.53. The molecule has 0 saturated carbocycles. The summed E-state index contributed by atoms with van der Waals surface area (Å²) in [6.45, 7) is 1.58. The van der Waals surface area contributed by atoms with E-state index in [-0.39, 0.29) is 5.56 Å². The first-order valence-corrected chi connectivity index (χ1v) is 5.50. The molecule has 2 aromatic rings. The number of nitrogens with two attached hydrogens (primary N) is 1. The van der Waals surface area contributed by atoms with E-state index in [0.717, 1.165) is 4.57 Å². The number of benzene rings is 1. The largest absolute Gasteiger partial charge is 0.330 e. The van der Waals surface area contributed by atoms with Crippen LogP contribution < -0.4 is 17.0 Å². The van der Waals surface area contributed by atoms with Crippen molar-refractivity contribution in [3.8, 4) is 0 Å². The van der Waals surface area contributed by atoms with Crippen molar-refractivity contribution >= 4 is 26.8 Å². The molecule has 1 aromatic heterocycles. The monoisotopic (exact) mass is 283 g/mol. The molecule has 0 saturated heterocycles. The molecule has 84 valence electrons. The molecule has 1 heterocycles. The van der Waals surface area contributed by atoms with E-state index < -0.39 is 11.9 Å². The average Bonchev–Trinajstić information content (AvgIpc) is 2.19. The van der Waals surface area contributed by atoms with Gasteiger partial charge in [-0.1, -0.05) is 6.07 Å². The molecule has 3 N–H and O–H groups in total. The fourth-order valence-corrected chi connectivity index (χ4v) is 2.05. The number of hydrogen-bond donors (Lipinski definition) is 2. The summed E-state index contributed by atoms with van der Waals surface area (Å²) in [5, 5.41) is 0.436. The van der Waals surface area contributed by atoms with Crippen LogP contribution in [0.1, 0.15) is 13.1 Å². The number of rotatable bonds is 1. The minimum absolute atomic E-state index is 0.380. The normalized spacial score (nSPS) is 12.9. The number of aromatic amines is 1. The van der Waals surface area contributed by atoms with Gasteiger partial charge < -0.3 is 10.7 Å². The van der Waals surface area contributed by atoms with Crippen LogP contribution >= 0.6 is 15.9 Å². The molecule has 0 radical (unpaired) electrons. The van der Waals surface area contributed by atoms with Gasteiger partial charge in [-0.15, -0.1) is 0 Å². The molecular weight excluding hydrogens is 274 g/mol. The van der Waals surface area contributed by atoms with Crippen LogP contribution in [0.25, 0.3) is 10.9 Å². The fraction of sp³-hybridized carbons (Fsp3) is 0.200. The van der Waals surface area contributed by atoms with E-state index in [4.69, 9.17) is 5.73 Å². The van der Waals surface area contributed by atoms with Crippen LogP contribution in [0.15, 0.2) is 32.3 Å². The van der Waals surface area contributed by atoms with Gasteiger partial charge in [-0.05, 0) is 35.0 Å². The van der Waals surface area contributed by atoms with E-state index in [1.807, 2.05) is 0 Å². The molecule has 0 spiro atoms. The van der Waals surface area contributed by atoms with Gasteiger partial charge in [-0.25, -0.2) is 9.36 Å². The Bertz CT molecular complexity index is 657. The van der Waals surface area contributed by atoms with Crippen molar-refractivity contribution in [2.24, 2.45) is 5.73 Å². The predicted molar refractivity (Wildman–Crippen MR) is 65.4 cm³/mol. The Morgan fingerprint density at radius 3 is 2.75 bits per heavy atom. The van der Waals surface area contributed by atoms with Gasteiger partial charge in [0.2, 0.25) is 0 Å². The van der Waals surface area contributed by atoms with Crippen molar-refractivity contribution < 1.29 is 0 Å². The molecule has 0 aliphatic heterocycles. The lowest BCUT2D eigenvalue weighted by Gasteiger charge is -2.09. The minimum Gasteiger partial charge on any atom is -0.311 e. The van der Waals surface area contributed by atoms with E-state index >= 15 is 0 Å². The van der Waals surface area contributed by atoms with Crippen LogP contribution in [0, 0.1) is 0 Å². The smallest absolute Gasteiger partial charge is 0.311 e. The van der Waals surface area contributed by atoms with Crippen LogP contribution in [0.4, 0.5) is 0 Å². The Morgan fingerprint density at radius 1 is 1.44 bits per heavy atom. The van der Waals surface area contributed by atoms with Crippen molar-refractivity contribution in [2.45, 2.75) is 13.1 Å². The fourth-order valence-electron chi connectivity index (χ4n) is 1.59. The Balaban J connectivity index is 3.01. The number of aromatic nitrogens is 2. The number of H-pyrrole nitrogens is 1. The molecule has 5 nitrogen and oxygen atoms in total. The Kier molecular flexibility index (Phi) is 2.69. The third-order valence-corrected chi connectivity index (χ3v) is 2.98. The lowest BCUT2D eigenvalue weighted by Crippen LogP contribution is -2.40. The molecule has 16 heavy (non-hydrogen) atoms. The van der Waals surface area contributed by atoms with Gasteiger partial charge in [0, 0.05) is 4.47 Å². The summed E-state index contributed by atoms with van der Waals surface area (Å²) in [4.78, 5) is 26.3. The molecule has 0 fully saturated rings. The number of halogens is 1. The highest BCUT2D eigenvalue weighted by atomic mass is 79.9. The molecule has 1 aromatic carbocycles. The third kappa shape index (κ3) is 1.60. The van der Waals surface area contributed by atoms with Gasteiger partial charge in [-0.3, -0.25) is 4.79 Å².